The van der Waals surface area contributed by atoms with Crippen LogP contribution in [0.15, 0.2) is 0 Å². The van der Waals surface area contributed by atoms with Crippen molar-refractivity contribution in [1.82, 2.24) is 4.90 Å². The van der Waals surface area contributed by atoms with Crippen LogP contribution in [0.5, 0.6) is 0 Å². The van der Waals surface area contributed by atoms with E-state index in [1.54, 1.807) is 20.8 Å². The Kier molecular flexibility index (Phi) is 3.74. The summed E-state index contributed by atoms with van der Waals surface area (Å²) in [4.78, 5) is 23.7. The highest BCUT2D eigenvalue weighted by Gasteiger charge is 2.39. The molecule has 0 spiro atoms. The molecule has 1 amide bonds. The SMILES string of the molecule is CC(C)(C)OC(=O)N1CC(=O)CCC(F)(F)C1. The molecule has 0 bridgehead atoms. The third kappa shape index (κ3) is 4.66. The van der Waals surface area contributed by atoms with Crippen LogP contribution < -0.4 is 0 Å². The summed E-state index contributed by atoms with van der Waals surface area (Å²) in [7, 11) is 0. The highest BCUT2D eigenvalue weighted by atomic mass is 19.3. The van der Waals surface area contributed by atoms with E-state index in [0.717, 1.165) is 4.90 Å². The molecule has 0 radical (unpaired) electrons. The second kappa shape index (κ2) is 4.58. The molecule has 0 aromatic heterocycles. The Balaban J connectivity index is 2.74. The molecule has 4 nitrogen and oxygen atoms in total. The summed E-state index contributed by atoms with van der Waals surface area (Å²) in [6.45, 7) is 3.87. The number of hydrogen-bond donors (Lipinski definition) is 0. The molecule has 98 valence electrons. The second-order valence-electron chi connectivity index (χ2n) is 5.23. The summed E-state index contributed by atoms with van der Waals surface area (Å²) in [6.07, 6.45) is -1.58. The van der Waals surface area contributed by atoms with E-state index in [1.165, 1.54) is 0 Å². The Morgan fingerprint density at radius 2 is 2.00 bits per heavy atom. The Hall–Kier alpha value is -1.20. The molecule has 1 saturated heterocycles. The van der Waals surface area contributed by atoms with Crippen molar-refractivity contribution in [3.05, 3.63) is 0 Å². The van der Waals surface area contributed by atoms with Crippen molar-refractivity contribution >= 4 is 11.9 Å². The standard InChI is InChI=1S/C11H17F2NO3/c1-10(2,3)17-9(16)14-6-8(15)4-5-11(12,13)7-14/h4-7H2,1-3H3. The number of likely N-dealkylation sites (tertiary alicyclic amines) is 1. The van der Waals surface area contributed by atoms with Crippen molar-refractivity contribution in [2.75, 3.05) is 13.1 Å². The van der Waals surface area contributed by atoms with Gasteiger partial charge < -0.3 is 4.74 Å². The Morgan fingerprint density at radius 1 is 1.41 bits per heavy atom. The lowest BCUT2D eigenvalue weighted by atomic mass is 10.1. The maximum atomic E-state index is 13.3. The summed E-state index contributed by atoms with van der Waals surface area (Å²) in [5, 5.41) is 0. The fraction of sp³-hybridized carbons (Fsp3) is 0.818. The number of nitrogens with zero attached hydrogens (tertiary/aromatic N) is 1. The van der Waals surface area contributed by atoms with Crippen molar-refractivity contribution in [3.8, 4) is 0 Å². The molecule has 1 aliphatic rings. The topological polar surface area (TPSA) is 46.6 Å². The molecule has 6 heteroatoms. The summed E-state index contributed by atoms with van der Waals surface area (Å²) in [6, 6.07) is 0. The lowest BCUT2D eigenvalue weighted by Crippen LogP contribution is -2.43. The van der Waals surface area contributed by atoms with Crippen LogP contribution in [0, 0.1) is 0 Å². The third-order valence-electron chi connectivity index (χ3n) is 2.21. The maximum absolute atomic E-state index is 13.3. The number of alkyl halides is 2. The monoisotopic (exact) mass is 249 g/mol. The van der Waals surface area contributed by atoms with Gasteiger partial charge in [-0.2, -0.15) is 0 Å². The Bertz CT molecular complexity index is 323. The van der Waals surface area contributed by atoms with Crippen molar-refractivity contribution < 1.29 is 23.1 Å². The molecule has 1 rings (SSSR count). The van der Waals surface area contributed by atoms with Crippen molar-refractivity contribution in [3.63, 3.8) is 0 Å². The average molecular weight is 249 g/mol. The number of Topliss-reactive ketones (excluding diaryl/α,β-unsaturated/α-hetero) is 1. The van der Waals surface area contributed by atoms with Crippen molar-refractivity contribution in [2.24, 2.45) is 0 Å². The predicted molar refractivity (Wildman–Crippen MR) is 57.0 cm³/mol. The minimum atomic E-state index is -3.02. The number of halogens is 2. The number of carbonyl (C=O) groups excluding carboxylic acids is 2. The van der Waals surface area contributed by atoms with Gasteiger partial charge in [0, 0.05) is 12.8 Å². The van der Waals surface area contributed by atoms with E-state index in [9.17, 15) is 18.4 Å². The molecular formula is C11H17F2NO3. The minimum absolute atomic E-state index is 0.202. The average Bonchev–Trinajstić information content (AvgIpc) is 2.23. The number of rotatable bonds is 0. The summed E-state index contributed by atoms with van der Waals surface area (Å²) in [5.74, 6) is -3.39. The summed E-state index contributed by atoms with van der Waals surface area (Å²) >= 11 is 0. The molecule has 1 fully saturated rings. The normalized spacial score (nSPS) is 21.0. The number of ketones is 1. The molecule has 0 unspecified atom stereocenters. The van der Waals surface area contributed by atoms with Gasteiger partial charge in [-0.05, 0) is 20.8 Å². The first kappa shape index (κ1) is 13.9. The van der Waals surface area contributed by atoms with Gasteiger partial charge in [-0.3, -0.25) is 9.69 Å². The van der Waals surface area contributed by atoms with E-state index in [1.807, 2.05) is 0 Å². The van der Waals surface area contributed by atoms with Crippen LogP contribution in [-0.4, -0.2) is 41.4 Å². The summed E-state index contributed by atoms with van der Waals surface area (Å²) < 4.78 is 31.5. The van der Waals surface area contributed by atoms with Crippen LogP contribution in [0.1, 0.15) is 33.6 Å². The van der Waals surface area contributed by atoms with Crippen molar-refractivity contribution in [1.29, 1.82) is 0 Å². The quantitative estimate of drug-likeness (QED) is 0.661. The second-order valence-corrected chi connectivity index (χ2v) is 5.23. The first-order chi connectivity index (χ1) is 7.59. The largest absolute Gasteiger partial charge is 0.444 e. The van der Waals surface area contributed by atoms with E-state index in [2.05, 4.69) is 0 Å². The smallest absolute Gasteiger partial charge is 0.410 e. The van der Waals surface area contributed by atoms with Gasteiger partial charge >= 0.3 is 6.09 Å². The van der Waals surface area contributed by atoms with Gasteiger partial charge in [0.15, 0.2) is 5.78 Å². The molecule has 1 aliphatic heterocycles. The predicted octanol–water partition coefficient (Wildman–Crippen LogP) is 2.22. The number of ether oxygens (including phenoxy) is 1. The maximum Gasteiger partial charge on any atom is 0.410 e. The molecule has 1 heterocycles. The number of hydrogen-bond acceptors (Lipinski definition) is 3. The zero-order valence-electron chi connectivity index (χ0n) is 10.3. The van der Waals surface area contributed by atoms with Gasteiger partial charge in [0.25, 0.3) is 5.92 Å². The van der Waals surface area contributed by atoms with E-state index >= 15 is 0 Å². The van der Waals surface area contributed by atoms with Gasteiger partial charge in [-0.15, -0.1) is 0 Å². The zero-order valence-corrected chi connectivity index (χ0v) is 10.3. The molecule has 0 N–H and O–H groups in total. The fourth-order valence-corrected chi connectivity index (χ4v) is 1.48. The Morgan fingerprint density at radius 3 is 2.53 bits per heavy atom. The van der Waals surface area contributed by atoms with E-state index in [0.29, 0.717) is 0 Å². The van der Waals surface area contributed by atoms with Crippen LogP contribution in [0.25, 0.3) is 0 Å². The molecule has 0 saturated carbocycles. The van der Waals surface area contributed by atoms with Gasteiger partial charge in [0.1, 0.15) is 5.60 Å². The third-order valence-corrected chi connectivity index (χ3v) is 2.21. The highest BCUT2D eigenvalue weighted by molar-refractivity contribution is 5.84. The molecule has 17 heavy (non-hydrogen) atoms. The zero-order chi connectivity index (χ0) is 13.3. The Labute approximate surface area is 98.9 Å². The first-order valence-electron chi connectivity index (χ1n) is 5.46. The lowest BCUT2D eigenvalue weighted by Gasteiger charge is -2.27. The van der Waals surface area contributed by atoms with Crippen LogP contribution in [0.4, 0.5) is 13.6 Å². The van der Waals surface area contributed by atoms with Gasteiger partial charge in [-0.1, -0.05) is 0 Å². The van der Waals surface area contributed by atoms with Crippen LogP contribution >= 0.6 is 0 Å². The van der Waals surface area contributed by atoms with Gasteiger partial charge in [-0.25, -0.2) is 13.6 Å². The lowest BCUT2D eigenvalue weighted by molar-refractivity contribution is -0.119. The van der Waals surface area contributed by atoms with Crippen LogP contribution in [0.2, 0.25) is 0 Å². The van der Waals surface area contributed by atoms with Crippen LogP contribution in [0.3, 0.4) is 0 Å². The molecule has 0 atom stereocenters. The minimum Gasteiger partial charge on any atom is -0.444 e. The molecular weight excluding hydrogens is 232 g/mol. The van der Waals surface area contributed by atoms with Gasteiger partial charge in [0.05, 0.1) is 13.1 Å². The highest BCUT2D eigenvalue weighted by Crippen LogP contribution is 2.25. The molecule has 0 aromatic carbocycles. The van der Waals surface area contributed by atoms with E-state index < -0.39 is 30.6 Å². The van der Waals surface area contributed by atoms with E-state index in [-0.39, 0.29) is 18.7 Å². The van der Waals surface area contributed by atoms with Gasteiger partial charge in [0.2, 0.25) is 0 Å². The van der Waals surface area contributed by atoms with Crippen LogP contribution in [-0.2, 0) is 9.53 Å². The van der Waals surface area contributed by atoms with E-state index in [4.69, 9.17) is 4.74 Å². The van der Waals surface area contributed by atoms with Crippen molar-refractivity contribution in [2.45, 2.75) is 45.1 Å². The summed E-state index contributed by atoms with van der Waals surface area (Å²) in [5.41, 5.74) is -0.762. The molecule has 0 aromatic rings. The number of amides is 1. The number of carbonyl (C=O) groups is 2. The first-order valence-corrected chi connectivity index (χ1v) is 5.46. The molecule has 0 aliphatic carbocycles. The fourth-order valence-electron chi connectivity index (χ4n) is 1.48.